The van der Waals surface area contributed by atoms with Crippen molar-refractivity contribution >= 4 is 92.6 Å². The van der Waals surface area contributed by atoms with Crippen LogP contribution in [0.2, 0.25) is 0 Å². The molecule has 0 aliphatic carbocycles. The summed E-state index contributed by atoms with van der Waals surface area (Å²) in [6, 6.07) is 0. The average Bonchev–Trinajstić information content (AvgIpc) is 3.08. The van der Waals surface area contributed by atoms with E-state index in [2.05, 4.69) is 10.3 Å². The van der Waals surface area contributed by atoms with Crippen molar-refractivity contribution < 1.29 is 9.59 Å². The van der Waals surface area contributed by atoms with Crippen LogP contribution >= 0.6 is 80.9 Å². The molecule has 1 heterocycles. The third-order valence-corrected chi connectivity index (χ3v) is 7.59. The fourth-order valence-corrected chi connectivity index (χ4v) is 3.57. The van der Waals surface area contributed by atoms with Crippen LogP contribution in [0.1, 0.15) is 38.6 Å². The van der Waals surface area contributed by atoms with E-state index in [0.717, 1.165) is 5.01 Å². The van der Waals surface area contributed by atoms with Crippen molar-refractivity contribution in [2.75, 3.05) is 0 Å². The van der Waals surface area contributed by atoms with Crippen LogP contribution in [-0.2, 0) is 16.1 Å². The zero-order chi connectivity index (χ0) is 21.7. The summed E-state index contributed by atoms with van der Waals surface area (Å²) in [6.45, 7) is 5.32. The minimum atomic E-state index is -1.57. The van der Waals surface area contributed by atoms with Gasteiger partial charge in [-0.15, -0.1) is 11.3 Å². The molecule has 0 saturated heterocycles. The van der Waals surface area contributed by atoms with Crippen LogP contribution in [0.15, 0.2) is 11.6 Å². The van der Waals surface area contributed by atoms with Crippen LogP contribution in [0.3, 0.4) is 0 Å². The lowest BCUT2D eigenvalue weighted by molar-refractivity contribution is -0.134. The fourth-order valence-electron chi connectivity index (χ4n) is 2.51. The Hall–Kier alpha value is 0.510. The average molecular weight is 531 g/mol. The number of hydrogen-bond acceptors (Lipinski definition) is 4. The molecule has 0 aliphatic rings. The number of thiazole rings is 1. The number of Topliss-reactive ketones (excluding diaryl/α,β-unsaturated/α-hetero) is 1. The molecule has 0 radical (unpaired) electrons. The first-order valence-corrected chi connectivity index (χ1v) is 11.7. The van der Waals surface area contributed by atoms with E-state index in [-0.39, 0.29) is 31.1 Å². The number of aromatic nitrogens is 1. The van der Waals surface area contributed by atoms with Gasteiger partial charge in [-0.05, 0) is 6.42 Å². The van der Waals surface area contributed by atoms with E-state index in [0.29, 0.717) is 0 Å². The van der Waals surface area contributed by atoms with Crippen molar-refractivity contribution in [3.8, 4) is 0 Å². The number of rotatable bonds is 9. The predicted octanol–water partition coefficient (Wildman–Crippen LogP) is 6.37. The van der Waals surface area contributed by atoms with Crippen molar-refractivity contribution in [2.24, 2.45) is 23.7 Å². The Bertz CT molecular complexity index is 645. The number of nitrogens with one attached hydrogen (secondary N) is 1. The third-order valence-electron chi connectivity index (χ3n) is 4.58. The Balaban J connectivity index is 2.91. The molecule has 1 aromatic rings. The van der Waals surface area contributed by atoms with Gasteiger partial charge in [0.05, 0.1) is 6.54 Å². The van der Waals surface area contributed by atoms with E-state index in [1.54, 1.807) is 27.0 Å². The van der Waals surface area contributed by atoms with Crippen LogP contribution in [0.4, 0.5) is 0 Å². The van der Waals surface area contributed by atoms with Gasteiger partial charge in [-0.25, -0.2) is 4.98 Å². The molecule has 1 amide bonds. The van der Waals surface area contributed by atoms with Gasteiger partial charge < -0.3 is 5.32 Å². The topological polar surface area (TPSA) is 59.1 Å². The summed E-state index contributed by atoms with van der Waals surface area (Å²) in [5, 5.41) is 5.38. The second-order valence-corrected chi connectivity index (χ2v) is 12.5. The summed E-state index contributed by atoms with van der Waals surface area (Å²) in [6.07, 6.45) is 1.89. The van der Waals surface area contributed by atoms with Gasteiger partial charge in [0.1, 0.15) is 10.8 Å². The summed E-state index contributed by atoms with van der Waals surface area (Å²) < 4.78 is -3.12. The molecule has 0 aliphatic heterocycles. The van der Waals surface area contributed by atoms with Gasteiger partial charge in [0.25, 0.3) is 0 Å². The van der Waals surface area contributed by atoms with Crippen LogP contribution < -0.4 is 5.32 Å². The highest BCUT2D eigenvalue weighted by Crippen LogP contribution is 2.41. The first-order valence-electron chi connectivity index (χ1n) is 8.55. The maximum absolute atomic E-state index is 12.8. The molecule has 0 fully saturated rings. The van der Waals surface area contributed by atoms with E-state index in [4.69, 9.17) is 69.6 Å². The van der Waals surface area contributed by atoms with Gasteiger partial charge in [-0.1, -0.05) is 90.4 Å². The summed E-state index contributed by atoms with van der Waals surface area (Å²) in [5.41, 5.74) is 0. The number of hydrogen-bond donors (Lipinski definition) is 1. The molecule has 28 heavy (non-hydrogen) atoms. The molecule has 1 rings (SSSR count). The van der Waals surface area contributed by atoms with Crippen LogP contribution in [-0.4, -0.2) is 24.3 Å². The number of carbonyl (C=O) groups excluding carboxylic acids is 2. The zero-order valence-electron chi connectivity index (χ0n) is 15.5. The van der Waals surface area contributed by atoms with Crippen molar-refractivity contribution in [3.63, 3.8) is 0 Å². The lowest BCUT2D eigenvalue weighted by atomic mass is 9.81. The van der Waals surface area contributed by atoms with Gasteiger partial charge in [-0.2, -0.15) is 0 Å². The van der Waals surface area contributed by atoms with Gasteiger partial charge in [0, 0.05) is 41.7 Å². The number of carbonyl (C=O) groups is 2. The Morgan fingerprint density at radius 2 is 1.64 bits per heavy atom. The standard InChI is InChI=1S/C17H22Cl6N2O2S/c1-9(16(18,19)20)6-12(15(27)25-8-14-24-4-5-28-14)11(3)13(26)7-10(2)17(21,22)23/h4-5,9-12H,6-8H2,1-3H3,(H,25,27). The Kier molecular flexibility index (Phi) is 10.6. The zero-order valence-corrected chi connectivity index (χ0v) is 20.9. The van der Waals surface area contributed by atoms with Crippen LogP contribution in [0, 0.1) is 23.7 Å². The van der Waals surface area contributed by atoms with E-state index in [1.165, 1.54) is 11.3 Å². The first kappa shape index (κ1) is 26.5. The highest BCUT2D eigenvalue weighted by molar-refractivity contribution is 7.09. The Labute approximate surface area is 199 Å². The van der Waals surface area contributed by atoms with Crippen molar-refractivity contribution in [3.05, 3.63) is 16.6 Å². The van der Waals surface area contributed by atoms with E-state index in [9.17, 15) is 9.59 Å². The quantitative estimate of drug-likeness (QED) is 0.377. The maximum atomic E-state index is 12.8. The molecule has 4 unspecified atom stereocenters. The Morgan fingerprint density at radius 3 is 2.11 bits per heavy atom. The molecule has 4 nitrogen and oxygen atoms in total. The van der Waals surface area contributed by atoms with Gasteiger partial charge >= 0.3 is 0 Å². The minimum absolute atomic E-state index is 0.0239. The molecule has 0 saturated carbocycles. The largest absolute Gasteiger partial charge is 0.349 e. The molecule has 1 N–H and O–H groups in total. The summed E-state index contributed by atoms with van der Waals surface area (Å²) in [4.78, 5) is 29.7. The van der Waals surface area contributed by atoms with Gasteiger partial charge in [0.15, 0.2) is 7.59 Å². The molecule has 4 atom stereocenters. The molecule has 0 bridgehead atoms. The normalized spacial score (nSPS) is 16.9. The van der Waals surface area contributed by atoms with Crippen molar-refractivity contribution in [1.82, 2.24) is 10.3 Å². The lowest BCUT2D eigenvalue weighted by Gasteiger charge is -2.29. The van der Waals surface area contributed by atoms with Crippen molar-refractivity contribution in [1.29, 1.82) is 0 Å². The summed E-state index contributed by atoms with van der Waals surface area (Å²) >= 11 is 36.9. The highest BCUT2D eigenvalue weighted by Gasteiger charge is 2.39. The number of nitrogens with zero attached hydrogens (tertiary/aromatic N) is 1. The number of ketones is 1. The molecule has 1 aromatic heterocycles. The highest BCUT2D eigenvalue weighted by atomic mass is 35.6. The fraction of sp³-hybridized carbons (Fsp3) is 0.706. The first-order chi connectivity index (χ1) is 12.7. The second-order valence-electron chi connectivity index (χ2n) is 6.83. The van der Waals surface area contributed by atoms with E-state index < -0.39 is 31.3 Å². The molecule has 0 spiro atoms. The lowest BCUT2D eigenvalue weighted by Crippen LogP contribution is -2.39. The molecule has 160 valence electrons. The number of halogens is 6. The van der Waals surface area contributed by atoms with Crippen molar-refractivity contribution in [2.45, 2.75) is 47.7 Å². The smallest absolute Gasteiger partial charge is 0.224 e. The minimum Gasteiger partial charge on any atom is -0.349 e. The SMILES string of the molecule is CC(C(=O)CC(C)C(Cl)(Cl)Cl)C(CC(C)C(Cl)(Cl)Cl)C(=O)NCc1nccs1. The van der Waals surface area contributed by atoms with Crippen LogP contribution in [0.25, 0.3) is 0 Å². The molecule has 0 aromatic carbocycles. The third kappa shape index (κ3) is 8.71. The monoisotopic (exact) mass is 528 g/mol. The molecular formula is C17H22Cl6N2O2S. The number of alkyl halides is 6. The van der Waals surface area contributed by atoms with Crippen LogP contribution in [0.5, 0.6) is 0 Å². The Morgan fingerprint density at radius 1 is 1.07 bits per heavy atom. The van der Waals surface area contributed by atoms with E-state index in [1.807, 2.05) is 5.38 Å². The summed E-state index contributed by atoms with van der Waals surface area (Å²) in [7, 11) is 0. The summed E-state index contributed by atoms with van der Waals surface area (Å²) in [5.74, 6) is -2.78. The molecule has 11 heteroatoms. The maximum Gasteiger partial charge on any atom is 0.224 e. The number of amides is 1. The predicted molar refractivity (Wildman–Crippen MR) is 120 cm³/mol. The second kappa shape index (κ2) is 11.2. The van der Waals surface area contributed by atoms with Gasteiger partial charge in [0.2, 0.25) is 5.91 Å². The van der Waals surface area contributed by atoms with Gasteiger partial charge in [-0.3, -0.25) is 9.59 Å². The van der Waals surface area contributed by atoms with E-state index >= 15 is 0 Å². The molecular weight excluding hydrogens is 509 g/mol.